The van der Waals surface area contributed by atoms with E-state index in [4.69, 9.17) is 4.84 Å². The van der Waals surface area contributed by atoms with Crippen LogP contribution in [0.4, 0.5) is 10.1 Å². The van der Waals surface area contributed by atoms with E-state index in [1.54, 1.807) is 18.2 Å². The van der Waals surface area contributed by atoms with Gasteiger partial charge in [-0.2, -0.15) is 8.75 Å². The number of carbonyl (C=O) groups is 2. The van der Waals surface area contributed by atoms with Gasteiger partial charge in [0.25, 0.3) is 0 Å². The summed E-state index contributed by atoms with van der Waals surface area (Å²) in [5.74, 6) is -2.28. The number of fused-ring (bicyclic) bond motifs is 1. The van der Waals surface area contributed by atoms with Gasteiger partial charge in [-0.05, 0) is 29.8 Å². The van der Waals surface area contributed by atoms with Crippen molar-refractivity contribution in [2.45, 2.75) is 18.4 Å². The number of hydrogen-bond donors (Lipinski definition) is 2. The van der Waals surface area contributed by atoms with E-state index in [9.17, 15) is 19.1 Å². The van der Waals surface area contributed by atoms with Crippen molar-refractivity contribution < 1.29 is 23.9 Å². The average Bonchev–Trinajstić information content (AvgIpc) is 3.31. The first-order chi connectivity index (χ1) is 13.5. The van der Waals surface area contributed by atoms with Crippen molar-refractivity contribution in [2.24, 2.45) is 5.16 Å². The monoisotopic (exact) mass is 400 g/mol. The first kappa shape index (κ1) is 18.0. The highest BCUT2D eigenvalue weighted by Gasteiger charge is 2.49. The molecule has 8 nitrogen and oxygen atoms in total. The normalized spacial score (nSPS) is 18.5. The lowest BCUT2D eigenvalue weighted by Gasteiger charge is -2.21. The molecule has 28 heavy (non-hydrogen) atoms. The molecular formula is C18H13FN4O4S. The second kappa shape index (κ2) is 6.97. The minimum atomic E-state index is -1.83. The maximum atomic E-state index is 13.1. The van der Waals surface area contributed by atoms with Gasteiger partial charge in [0.05, 0.1) is 29.5 Å². The van der Waals surface area contributed by atoms with Gasteiger partial charge in [-0.25, -0.2) is 9.18 Å². The van der Waals surface area contributed by atoms with E-state index in [1.165, 1.54) is 24.3 Å². The number of anilines is 1. The number of carboxylic acids is 1. The highest BCUT2D eigenvalue weighted by atomic mass is 32.1. The van der Waals surface area contributed by atoms with Gasteiger partial charge in [-0.3, -0.25) is 4.79 Å². The Hall–Kier alpha value is -3.40. The van der Waals surface area contributed by atoms with Crippen molar-refractivity contribution >= 4 is 46.0 Å². The third-order valence-corrected chi connectivity index (χ3v) is 4.90. The van der Waals surface area contributed by atoms with E-state index < -0.39 is 29.7 Å². The van der Waals surface area contributed by atoms with E-state index in [0.29, 0.717) is 28.0 Å². The fourth-order valence-corrected chi connectivity index (χ4v) is 3.47. The van der Waals surface area contributed by atoms with Gasteiger partial charge in [0.15, 0.2) is 0 Å². The summed E-state index contributed by atoms with van der Waals surface area (Å²) in [6.45, 7) is 0. The minimum absolute atomic E-state index is 0.121. The second-order valence-electron chi connectivity index (χ2n) is 6.27. The number of hydrogen-bond acceptors (Lipinski definition) is 7. The van der Waals surface area contributed by atoms with E-state index >= 15 is 0 Å². The molecule has 0 bridgehead atoms. The molecule has 0 saturated carbocycles. The van der Waals surface area contributed by atoms with Gasteiger partial charge >= 0.3 is 5.97 Å². The topological polar surface area (TPSA) is 114 Å². The smallest absolute Gasteiger partial charge is 0.351 e. The number of rotatable bonds is 5. The lowest BCUT2D eigenvalue weighted by Crippen LogP contribution is -2.42. The predicted molar refractivity (Wildman–Crippen MR) is 99.7 cm³/mol. The number of aliphatic carboxylic acids is 1. The Morgan fingerprint density at radius 1 is 1.21 bits per heavy atom. The molecule has 0 fully saturated rings. The van der Waals surface area contributed by atoms with E-state index in [-0.39, 0.29) is 6.42 Å². The Labute approximate surface area is 162 Å². The van der Waals surface area contributed by atoms with E-state index in [0.717, 1.165) is 11.7 Å². The van der Waals surface area contributed by atoms with Crippen molar-refractivity contribution in [3.63, 3.8) is 0 Å². The summed E-state index contributed by atoms with van der Waals surface area (Å²) in [4.78, 5) is 29.6. The number of amides is 1. The van der Waals surface area contributed by atoms with Gasteiger partial charge in [0.2, 0.25) is 11.5 Å². The van der Waals surface area contributed by atoms with Crippen LogP contribution in [0, 0.1) is 5.82 Å². The fourth-order valence-electron chi connectivity index (χ4n) is 2.92. The zero-order valence-electron chi connectivity index (χ0n) is 14.3. The standard InChI is InChI=1S/C18H13FN4O4S/c19-11-6-4-10(5-7-11)14-8-18(17(25)26,27-21-14)9-15(24)20-12-2-1-3-13-16(12)23-28-22-13/h1-7H,8-9H2,(H,20,24)(H,25,26)/t18-/m0/s1. The number of oxime groups is 1. The molecule has 0 radical (unpaired) electrons. The Balaban J connectivity index is 1.51. The lowest BCUT2D eigenvalue weighted by atomic mass is 9.90. The summed E-state index contributed by atoms with van der Waals surface area (Å²) in [6, 6.07) is 10.6. The van der Waals surface area contributed by atoms with Crippen LogP contribution in [0.5, 0.6) is 0 Å². The largest absolute Gasteiger partial charge is 0.478 e. The number of benzene rings is 2. The molecule has 2 heterocycles. The Morgan fingerprint density at radius 3 is 2.75 bits per heavy atom. The van der Waals surface area contributed by atoms with Crippen LogP contribution in [0.1, 0.15) is 18.4 Å². The van der Waals surface area contributed by atoms with Crippen LogP contribution >= 0.6 is 11.7 Å². The quantitative estimate of drug-likeness (QED) is 0.681. The molecule has 4 rings (SSSR count). The van der Waals surface area contributed by atoms with Crippen molar-refractivity contribution in [1.29, 1.82) is 0 Å². The number of aromatic nitrogens is 2. The molecule has 2 N–H and O–H groups in total. The van der Waals surface area contributed by atoms with E-state index in [2.05, 4.69) is 19.2 Å². The second-order valence-corrected chi connectivity index (χ2v) is 6.80. The first-order valence-electron chi connectivity index (χ1n) is 8.22. The van der Waals surface area contributed by atoms with Crippen LogP contribution in [0.25, 0.3) is 11.0 Å². The zero-order valence-corrected chi connectivity index (χ0v) is 15.1. The molecule has 0 saturated heterocycles. The summed E-state index contributed by atoms with van der Waals surface area (Å²) in [5, 5.41) is 16.2. The van der Waals surface area contributed by atoms with Crippen LogP contribution in [0.2, 0.25) is 0 Å². The van der Waals surface area contributed by atoms with Gasteiger partial charge in [0.1, 0.15) is 16.9 Å². The van der Waals surface area contributed by atoms with Crippen molar-refractivity contribution in [1.82, 2.24) is 8.75 Å². The number of carbonyl (C=O) groups excluding carboxylic acids is 1. The SMILES string of the molecule is O=C(C[C@]1(C(=O)O)CC(c2ccc(F)cc2)=NO1)Nc1cccc2nsnc12. The van der Waals surface area contributed by atoms with Crippen LogP contribution in [-0.4, -0.2) is 37.0 Å². The third kappa shape index (κ3) is 3.29. The van der Waals surface area contributed by atoms with Gasteiger partial charge in [-0.15, -0.1) is 0 Å². The maximum Gasteiger partial charge on any atom is 0.351 e. The van der Waals surface area contributed by atoms with Crippen molar-refractivity contribution in [2.75, 3.05) is 5.32 Å². The summed E-state index contributed by atoms with van der Waals surface area (Å²) < 4.78 is 21.3. The third-order valence-electron chi connectivity index (χ3n) is 4.36. The number of nitrogens with zero attached hydrogens (tertiary/aromatic N) is 3. The summed E-state index contributed by atoms with van der Waals surface area (Å²) in [7, 11) is 0. The van der Waals surface area contributed by atoms with Gasteiger partial charge in [-0.1, -0.05) is 23.4 Å². The molecule has 0 spiro atoms. The maximum absolute atomic E-state index is 13.1. The summed E-state index contributed by atoms with van der Waals surface area (Å²) in [6.07, 6.45) is -0.575. The number of carboxylic acid groups (broad SMARTS) is 1. The molecule has 0 aliphatic carbocycles. The predicted octanol–water partition coefficient (Wildman–Crippen LogP) is 2.81. The zero-order chi connectivity index (χ0) is 19.7. The molecule has 10 heteroatoms. The minimum Gasteiger partial charge on any atom is -0.478 e. The molecule has 1 aromatic heterocycles. The van der Waals surface area contributed by atoms with Crippen LogP contribution in [-0.2, 0) is 14.4 Å². The molecule has 0 unspecified atom stereocenters. The molecule has 3 aromatic rings. The fraction of sp³-hybridized carbons (Fsp3) is 0.167. The average molecular weight is 400 g/mol. The molecule has 1 atom stereocenters. The number of nitrogens with one attached hydrogen (secondary N) is 1. The lowest BCUT2D eigenvalue weighted by molar-refractivity contribution is -0.165. The van der Waals surface area contributed by atoms with Crippen LogP contribution < -0.4 is 5.32 Å². The Morgan fingerprint density at radius 2 is 2.00 bits per heavy atom. The Bertz CT molecular complexity index is 1100. The van der Waals surface area contributed by atoms with Crippen molar-refractivity contribution in [3.8, 4) is 0 Å². The van der Waals surface area contributed by atoms with Crippen LogP contribution in [0.15, 0.2) is 47.6 Å². The van der Waals surface area contributed by atoms with Crippen LogP contribution in [0.3, 0.4) is 0 Å². The summed E-state index contributed by atoms with van der Waals surface area (Å²) in [5.41, 5.74) is 0.636. The molecule has 142 valence electrons. The highest BCUT2D eigenvalue weighted by molar-refractivity contribution is 7.00. The van der Waals surface area contributed by atoms with Gasteiger partial charge < -0.3 is 15.3 Å². The highest BCUT2D eigenvalue weighted by Crippen LogP contribution is 2.31. The molecule has 1 amide bonds. The Kier molecular flexibility index (Phi) is 4.47. The van der Waals surface area contributed by atoms with E-state index in [1.807, 2.05) is 0 Å². The molecule has 1 aliphatic heterocycles. The summed E-state index contributed by atoms with van der Waals surface area (Å²) >= 11 is 1.01. The van der Waals surface area contributed by atoms with Gasteiger partial charge in [0, 0.05) is 6.42 Å². The van der Waals surface area contributed by atoms with Crippen molar-refractivity contribution in [3.05, 3.63) is 53.8 Å². The number of halogens is 1. The molecular weight excluding hydrogens is 387 g/mol. The molecule has 1 aliphatic rings. The molecule has 2 aromatic carbocycles. The first-order valence-corrected chi connectivity index (χ1v) is 8.95.